The fourth-order valence-corrected chi connectivity index (χ4v) is 1.39. The van der Waals surface area contributed by atoms with Gasteiger partial charge in [-0.05, 0) is 6.42 Å². The molecule has 0 amide bonds. The first-order valence-corrected chi connectivity index (χ1v) is 5.03. The summed E-state index contributed by atoms with van der Waals surface area (Å²) < 4.78 is 35.2. The smallest absolute Gasteiger partial charge is 0.302 e. The first-order chi connectivity index (χ1) is 5.06. The van der Waals surface area contributed by atoms with E-state index < -0.39 is 16.0 Å². The molecule has 0 N–H and O–H groups in total. The van der Waals surface area contributed by atoms with Crippen molar-refractivity contribution in [3.8, 4) is 0 Å². The van der Waals surface area contributed by atoms with Crippen LogP contribution in [0.25, 0.3) is 0 Å². The standard InChI is InChI=1S/C3H7FO5S2/c4-11(6,7)3-1-2-10-9-8-5/h5H,1-3H2/p-1. The molecule has 0 aliphatic rings. The summed E-state index contributed by atoms with van der Waals surface area (Å²) in [4.78, 5) is 0. The van der Waals surface area contributed by atoms with Crippen molar-refractivity contribution < 1.29 is 26.9 Å². The topological polar surface area (TPSA) is 75.7 Å². The molecule has 0 rings (SSSR count). The SMILES string of the molecule is O=S(=O)(F)CCCSOO[O-]. The lowest BCUT2D eigenvalue weighted by atomic mass is 10.6. The van der Waals surface area contributed by atoms with Crippen LogP contribution in [0.2, 0.25) is 0 Å². The van der Waals surface area contributed by atoms with Crippen LogP contribution in [0.3, 0.4) is 0 Å². The molecule has 0 aliphatic carbocycles. The van der Waals surface area contributed by atoms with Crippen molar-refractivity contribution in [1.82, 2.24) is 0 Å². The summed E-state index contributed by atoms with van der Waals surface area (Å²) >= 11 is 0.628. The van der Waals surface area contributed by atoms with Crippen LogP contribution in [0.5, 0.6) is 0 Å². The third kappa shape index (κ3) is 10.1. The quantitative estimate of drug-likeness (QED) is 0.192. The molecule has 0 aromatic carbocycles. The third-order valence-electron chi connectivity index (χ3n) is 0.692. The van der Waals surface area contributed by atoms with E-state index >= 15 is 0 Å². The lowest BCUT2D eigenvalue weighted by Crippen LogP contribution is -2.03. The highest BCUT2D eigenvalue weighted by Gasteiger charge is 2.05. The molecule has 0 spiro atoms. The van der Waals surface area contributed by atoms with Crippen molar-refractivity contribution in [3.05, 3.63) is 0 Å². The fourth-order valence-electron chi connectivity index (χ4n) is 0.344. The zero-order valence-corrected chi connectivity index (χ0v) is 6.99. The van der Waals surface area contributed by atoms with E-state index in [4.69, 9.17) is 5.26 Å². The average Bonchev–Trinajstić information content (AvgIpc) is 1.85. The van der Waals surface area contributed by atoms with Crippen LogP contribution in [0, 0.1) is 0 Å². The minimum atomic E-state index is -4.40. The molecule has 11 heavy (non-hydrogen) atoms. The summed E-state index contributed by atoms with van der Waals surface area (Å²) in [6.45, 7) is 0. The van der Waals surface area contributed by atoms with Gasteiger partial charge in [0.25, 0.3) is 0 Å². The Hall–Kier alpha value is 0.110. The molecule has 0 heterocycles. The van der Waals surface area contributed by atoms with Gasteiger partial charge in [-0.1, -0.05) is 0 Å². The molecule has 8 heteroatoms. The van der Waals surface area contributed by atoms with Gasteiger partial charge in [-0.15, -0.1) is 3.89 Å². The van der Waals surface area contributed by atoms with Crippen LogP contribution in [-0.4, -0.2) is 19.9 Å². The maximum atomic E-state index is 11.7. The minimum absolute atomic E-state index is 0.0762. The Labute approximate surface area is 67.8 Å². The first-order valence-electron chi connectivity index (χ1n) is 2.56. The second-order valence-electron chi connectivity index (χ2n) is 1.55. The van der Waals surface area contributed by atoms with Gasteiger partial charge in [0.2, 0.25) is 0 Å². The van der Waals surface area contributed by atoms with Gasteiger partial charge in [0.05, 0.1) is 5.75 Å². The summed E-state index contributed by atoms with van der Waals surface area (Å²) in [5.74, 6) is -0.381. The van der Waals surface area contributed by atoms with Gasteiger partial charge >= 0.3 is 10.2 Å². The van der Waals surface area contributed by atoms with Gasteiger partial charge in [-0.2, -0.15) is 12.8 Å². The lowest BCUT2D eigenvalue weighted by Gasteiger charge is -2.01. The highest BCUT2D eigenvalue weighted by atomic mass is 32.3. The van der Waals surface area contributed by atoms with Crippen molar-refractivity contribution in [2.45, 2.75) is 6.42 Å². The van der Waals surface area contributed by atoms with Crippen LogP contribution < -0.4 is 5.26 Å². The van der Waals surface area contributed by atoms with Gasteiger partial charge in [0.1, 0.15) is 0 Å². The first kappa shape index (κ1) is 11.1. The Bertz CT molecular complexity index is 178. The molecule has 0 atom stereocenters. The number of hydrogen-bond donors (Lipinski definition) is 0. The molecule has 68 valence electrons. The van der Waals surface area contributed by atoms with E-state index in [9.17, 15) is 12.3 Å². The highest BCUT2D eigenvalue weighted by molar-refractivity contribution is 7.94. The number of halogens is 1. The second-order valence-corrected chi connectivity index (χ2v) is 3.82. The van der Waals surface area contributed by atoms with Crippen LogP contribution in [0.15, 0.2) is 0 Å². The monoisotopic (exact) mass is 205 g/mol. The molecule has 0 saturated carbocycles. The summed E-state index contributed by atoms with van der Waals surface area (Å²) in [7, 11) is -4.40. The van der Waals surface area contributed by atoms with Crippen molar-refractivity contribution in [2.75, 3.05) is 11.5 Å². The molecule has 0 saturated heterocycles. The summed E-state index contributed by atoms with van der Waals surface area (Å²) in [6, 6.07) is 0. The minimum Gasteiger partial charge on any atom is -0.691 e. The normalized spacial score (nSPS) is 11.8. The summed E-state index contributed by atoms with van der Waals surface area (Å²) in [5.41, 5.74) is 0. The van der Waals surface area contributed by atoms with Crippen molar-refractivity contribution in [3.63, 3.8) is 0 Å². The Morgan fingerprint density at radius 1 is 1.55 bits per heavy atom. The second kappa shape index (κ2) is 5.72. The van der Waals surface area contributed by atoms with Crippen molar-refractivity contribution in [2.24, 2.45) is 0 Å². The molecule has 0 radical (unpaired) electrons. The maximum absolute atomic E-state index is 11.7. The molecule has 0 aliphatic heterocycles. The Morgan fingerprint density at radius 3 is 2.64 bits per heavy atom. The number of hydrogen-bond acceptors (Lipinski definition) is 6. The third-order valence-corrected chi connectivity index (χ3v) is 2.08. The van der Waals surface area contributed by atoms with Crippen molar-refractivity contribution >= 4 is 22.3 Å². The van der Waals surface area contributed by atoms with Crippen LogP contribution >= 0.6 is 12.0 Å². The van der Waals surface area contributed by atoms with Crippen LogP contribution in [0.1, 0.15) is 6.42 Å². The van der Waals surface area contributed by atoms with E-state index in [2.05, 4.69) is 9.37 Å². The molecule has 5 nitrogen and oxygen atoms in total. The molecule has 0 aromatic heterocycles. The lowest BCUT2D eigenvalue weighted by molar-refractivity contribution is -0.777. The predicted octanol–water partition coefficient (Wildman–Crippen LogP) is -0.452. The fraction of sp³-hybridized carbons (Fsp3) is 1.00. The van der Waals surface area contributed by atoms with Gasteiger partial charge in [-0.3, -0.25) is 5.04 Å². The van der Waals surface area contributed by atoms with E-state index in [1.165, 1.54) is 0 Å². The van der Waals surface area contributed by atoms with Gasteiger partial charge in [0.15, 0.2) is 0 Å². The van der Waals surface area contributed by atoms with E-state index in [-0.39, 0.29) is 12.2 Å². The van der Waals surface area contributed by atoms with Gasteiger partial charge in [0, 0.05) is 17.8 Å². The summed E-state index contributed by atoms with van der Waals surface area (Å²) in [6.07, 6.45) is 0.0762. The predicted molar refractivity (Wildman–Crippen MR) is 34.1 cm³/mol. The van der Waals surface area contributed by atoms with E-state index in [1.807, 2.05) is 0 Å². The molecule has 0 bridgehead atoms. The zero-order chi connectivity index (χ0) is 8.74. The van der Waals surface area contributed by atoms with E-state index in [0.717, 1.165) is 0 Å². The van der Waals surface area contributed by atoms with Gasteiger partial charge in [-0.25, -0.2) is 0 Å². The molecular formula is C3H6FO5S2-. The van der Waals surface area contributed by atoms with Crippen LogP contribution in [-0.2, 0) is 19.6 Å². The molecular weight excluding hydrogens is 199 g/mol. The van der Waals surface area contributed by atoms with E-state index in [0.29, 0.717) is 12.0 Å². The molecule has 0 aromatic rings. The van der Waals surface area contributed by atoms with Crippen LogP contribution in [0.4, 0.5) is 3.89 Å². The van der Waals surface area contributed by atoms with E-state index in [1.54, 1.807) is 0 Å². The maximum Gasteiger partial charge on any atom is 0.302 e. The average molecular weight is 205 g/mol. The Kier molecular flexibility index (Phi) is 5.78. The van der Waals surface area contributed by atoms with Gasteiger partial charge < -0.3 is 5.26 Å². The Morgan fingerprint density at radius 2 is 2.18 bits per heavy atom. The highest BCUT2D eigenvalue weighted by Crippen LogP contribution is 2.05. The largest absolute Gasteiger partial charge is 0.691 e. The zero-order valence-electron chi connectivity index (χ0n) is 5.36. The Balaban J connectivity index is 3.16. The molecule has 0 fully saturated rings. The molecule has 0 unspecified atom stereocenters. The number of rotatable bonds is 6. The van der Waals surface area contributed by atoms with Crippen molar-refractivity contribution in [1.29, 1.82) is 0 Å². The summed E-state index contributed by atoms with van der Waals surface area (Å²) in [5, 5.41) is 12.1.